The third-order valence-electron chi connectivity index (χ3n) is 2.74. The Balaban J connectivity index is 0.000000280. The first-order valence-corrected chi connectivity index (χ1v) is 5.88. The number of nitrogens with two attached hydrogens (primary N) is 2. The van der Waals surface area contributed by atoms with Crippen LogP contribution in [-0.4, -0.2) is 20.2 Å². The van der Waals surface area contributed by atoms with Crippen molar-refractivity contribution in [3.05, 3.63) is 29.3 Å². The van der Waals surface area contributed by atoms with Gasteiger partial charge in [-0.3, -0.25) is 0 Å². The summed E-state index contributed by atoms with van der Waals surface area (Å²) in [7, 11) is 1.75. The lowest BCUT2D eigenvalue weighted by molar-refractivity contribution is 0.406. The van der Waals surface area contributed by atoms with Gasteiger partial charge in [-0.1, -0.05) is 12.1 Å². The van der Waals surface area contributed by atoms with E-state index in [2.05, 4.69) is 18.2 Å². The molecule has 0 saturated carbocycles. The van der Waals surface area contributed by atoms with E-state index in [-0.39, 0.29) is 0 Å². The van der Waals surface area contributed by atoms with Crippen molar-refractivity contribution in [1.82, 2.24) is 0 Å². The molecule has 16 heavy (non-hydrogen) atoms. The highest BCUT2D eigenvalue weighted by Gasteiger charge is 2.12. The lowest BCUT2D eigenvalue weighted by atomic mass is 9.91. The molecule has 0 aliphatic heterocycles. The van der Waals surface area contributed by atoms with Crippen molar-refractivity contribution in [2.24, 2.45) is 11.5 Å². The van der Waals surface area contributed by atoms with Gasteiger partial charge >= 0.3 is 0 Å². The second-order valence-electron chi connectivity index (χ2n) is 3.88. The molecule has 0 aromatic heterocycles. The van der Waals surface area contributed by atoms with E-state index in [9.17, 15) is 0 Å². The van der Waals surface area contributed by atoms with Crippen LogP contribution in [-0.2, 0) is 12.8 Å². The van der Waals surface area contributed by atoms with Crippen molar-refractivity contribution in [2.75, 3.05) is 20.2 Å². The largest absolute Gasteiger partial charge is 0.496 e. The molecule has 0 atom stereocenters. The van der Waals surface area contributed by atoms with E-state index in [1.165, 1.54) is 36.8 Å². The molecule has 0 spiro atoms. The van der Waals surface area contributed by atoms with Crippen LogP contribution in [0.4, 0.5) is 0 Å². The van der Waals surface area contributed by atoms with Gasteiger partial charge in [0.2, 0.25) is 0 Å². The molecule has 0 unspecified atom stereocenters. The molecule has 3 heteroatoms. The van der Waals surface area contributed by atoms with Crippen LogP contribution in [0.25, 0.3) is 0 Å². The Morgan fingerprint density at radius 1 is 1.12 bits per heavy atom. The second-order valence-corrected chi connectivity index (χ2v) is 3.88. The molecule has 1 aromatic carbocycles. The van der Waals surface area contributed by atoms with Gasteiger partial charge < -0.3 is 16.2 Å². The maximum atomic E-state index is 5.31. The van der Waals surface area contributed by atoms with E-state index in [1.54, 1.807) is 7.11 Å². The molecular formula is C13H22N2O. The average molecular weight is 222 g/mol. The van der Waals surface area contributed by atoms with Gasteiger partial charge in [-0.15, -0.1) is 0 Å². The summed E-state index contributed by atoms with van der Waals surface area (Å²) in [5.41, 5.74) is 12.7. The van der Waals surface area contributed by atoms with Crippen LogP contribution in [0.3, 0.4) is 0 Å². The third-order valence-corrected chi connectivity index (χ3v) is 2.74. The first-order chi connectivity index (χ1) is 7.83. The van der Waals surface area contributed by atoms with Crippen LogP contribution in [0.15, 0.2) is 18.2 Å². The molecule has 4 N–H and O–H groups in total. The Morgan fingerprint density at radius 3 is 2.44 bits per heavy atom. The number of benzene rings is 1. The highest BCUT2D eigenvalue weighted by Crippen LogP contribution is 2.28. The molecule has 0 bridgehead atoms. The van der Waals surface area contributed by atoms with E-state index in [0.29, 0.717) is 13.1 Å². The number of aryl methyl sites for hydroxylation is 1. The summed E-state index contributed by atoms with van der Waals surface area (Å²) in [6, 6.07) is 6.37. The predicted octanol–water partition coefficient (Wildman–Crippen LogP) is 1.48. The van der Waals surface area contributed by atoms with Gasteiger partial charge in [0.25, 0.3) is 0 Å². The number of hydrogen-bond donors (Lipinski definition) is 2. The summed E-state index contributed by atoms with van der Waals surface area (Å²) in [5.74, 6) is 1.08. The normalized spacial score (nSPS) is 13.4. The number of hydrogen-bond acceptors (Lipinski definition) is 3. The minimum absolute atomic E-state index is 0.597. The molecule has 0 fully saturated rings. The van der Waals surface area contributed by atoms with Gasteiger partial charge in [0.1, 0.15) is 5.75 Å². The number of rotatable bonds is 2. The maximum absolute atomic E-state index is 5.31. The molecule has 0 heterocycles. The molecule has 0 saturated heterocycles. The van der Waals surface area contributed by atoms with E-state index in [0.717, 1.165) is 5.75 Å². The zero-order valence-electron chi connectivity index (χ0n) is 10.0. The topological polar surface area (TPSA) is 61.3 Å². The lowest BCUT2D eigenvalue weighted by Gasteiger charge is -2.17. The van der Waals surface area contributed by atoms with Crippen molar-refractivity contribution in [3.8, 4) is 5.75 Å². The Morgan fingerprint density at radius 2 is 1.81 bits per heavy atom. The van der Waals surface area contributed by atoms with E-state index in [1.807, 2.05) is 0 Å². The Hall–Kier alpha value is -1.06. The molecule has 1 aromatic rings. The first kappa shape index (κ1) is 13.0. The van der Waals surface area contributed by atoms with Gasteiger partial charge in [-0.2, -0.15) is 0 Å². The van der Waals surface area contributed by atoms with E-state index < -0.39 is 0 Å². The zero-order valence-corrected chi connectivity index (χ0v) is 10.0. The fraction of sp³-hybridized carbons (Fsp3) is 0.538. The van der Waals surface area contributed by atoms with Crippen molar-refractivity contribution >= 4 is 0 Å². The quantitative estimate of drug-likeness (QED) is 0.796. The van der Waals surface area contributed by atoms with Gasteiger partial charge in [0, 0.05) is 13.1 Å². The van der Waals surface area contributed by atoms with Crippen LogP contribution in [0.1, 0.15) is 24.0 Å². The maximum Gasteiger partial charge on any atom is 0.122 e. The molecule has 0 radical (unpaired) electrons. The Kier molecular flexibility index (Phi) is 5.90. The van der Waals surface area contributed by atoms with Gasteiger partial charge in [0.15, 0.2) is 0 Å². The van der Waals surface area contributed by atoms with E-state index in [4.69, 9.17) is 16.2 Å². The Bertz CT molecular complexity index is 297. The minimum atomic E-state index is 0.597. The fourth-order valence-corrected chi connectivity index (χ4v) is 1.94. The third kappa shape index (κ3) is 3.51. The highest BCUT2D eigenvalue weighted by molar-refractivity contribution is 5.41. The minimum Gasteiger partial charge on any atom is -0.496 e. The molecular weight excluding hydrogens is 200 g/mol. The molecule has 90 valence electrons. The van der Waals surface area contributed by atoms with E-state index >= 15 is 0 Å². The number of methoxy groups -OCH3 is 1. The monoisotopic (exact) mass is 222 g/mol. The molecule has 1 aliphatic carbocycles. The van der Waals surface area contributed by atoms with Gasteiger partial charge in [0.05, 0.1) is 7.11 Å². The Labute approximate surface area is 97.8 Å². The van der Waals surface area contributed by atoms with Crippen molar-refractivity contribution < 1.29 is 4.74 Å². The second kappa shape index (κ2) is 7.25. The molecule has 0 amide bonds. The van der Waals surface area contributed by atoms with Crippen LogP contribution >= 0.6 is 0 Å². The predicted molar refractivity (Wildman–Crippen MR) is 67.7 cm³/mol. The van der Waals surface area contributed by atoms with Crippen LogP contribution in [0.5, 0.6) is 5.75 Å². The summed E-state index contributed by atoms with van der Waals surface area (Å²) >= 11 is 0. The summed E-state index contributed by atoms with van der Waals surface area (Å²) in [6.07, 6.45) is 5.07. The zero-order chi connectivity index (χ0) is 11.8. The van der Waals surface area contributed by atoms with Gasteiger partial charge in [-0.05, 0) is 42.9 Å². The highest BCUT2D eigenvalue weighted by atomic mass is 16.5. The average Bonchev–Trinajstić information content (AvgIpc) is 2.38. The number of ether oxygens (including phenoxy) is 1. The summed E-state index contributed by atoms with van der Waals surface area (Å²) < 4.78 is 5.31. The lowest BCUT2D eigenvalue weighted by Crippen LogP contribution is -2.11. The standard InChI is InChI=1S/C11H14O.C2H8N2/c1-12-11-8-4-6-9-5-2-3-7-10(9)11;3-1-2-4/h4,6,8H,2-3,5,7H2,1H3;1-4H2. The summed E-state index contributed by atoms with van der Waals surface area (Å²) in [5, 5.41) is 0. The molecule has 1 aliphatic rings. The first-order valence-electron chi connectivity index (χ1n) is 5.88. The SMILES string of the molecule is COc1cccc2c1CCCC2.NCCN. The number of fused-ring (bicyclic) bond motifs is 1. The fourth-order valence-electron chi connectivity index (χ4n) is 1.94. The molecule has 2 rings (SSSR count). The van der Waals surface area contributed by atoms with Crippen LogP contribution in [0.2, 0.25) is 0 Å². The van der Waals surface area contributed by atoms with Crippen molar-refractivity contribution in [2.45, 2.75) is 25.7 Å². The summed E-state index contributed by atoms with van der Waals surface area (Å²) in [6.45, 7) is 1.19. The van der Waals surface area contributed by atoms with Gasteiger partial charge in [-0.25, -0.2) is 0 Å². The van der Waals surface area contributed by atoms with Crippen LogP contribution < -0.4 is 16.2 Å². The van der Waals surface area contributed by atoms with Crippen molar-refractivity contribution in [3.63, 3.8) is 0 Å². The van der Waals surface area contributed by atoms with Crippen molar-refractivity contribution in [1.29, 1.82) is 0 Å². The summed E-state index contributed by atoms with van der Waals surface area (Å²) in [4.78, 5) is 0. The van der Waals surface area contributed by atoms with Crippen LogP contribution in [0, 0.1) is 0 Å². The molecule has 3 nitrogen and oxygen atoms in total. The smallest absolute Gasteiger partial charge is 0.122 e.